The molecule has 134 valence electrons. The largest absolute Gasteiger partial charge is 0.478 e. The number of hydrogen-bond donors (Lipinski definition) is 2. The van der Waals surface area contributed by atoms with Gasteiger partial charge in [0.1, 0.15) is 0 Å². The average molecular weight is 332 g/mol. The summed E-state index contributed by atoms with van der Waals surface area (Å²) < 4.78 is 0. The number of carboxylic acid groups (broad SMARTS) is 1. The predicted octanol–water partition coefficient (Wildman–Crippen LogP) is 6.20. The SMILES string of the molecule is CCCCCCCCCCCCC1CNc2cc(C(=O)O)ccc21. The molecule has 0 aliphatic carbocycles. The van der Waals surface area contributed by atoms with Gasteiger partial charge in [0.25, 0.3) is 0 Å². The van der Waals surface area contributed by atoms with Crippen LogP contribution in [-0.4, -0.2) is 17.6 Å². The molecule has 0 radical (unpaired) electrons. The minimum absolute atomic E-state index is 0.376. The van der Waals surface area contributed by atoms with Crippen molar-refractivity contribution in [1.29, 1.82) is 0 Å². The fourth-order valence-electron chi connectivity index (χ4n) is 3.68. The number of anilines is 1. The van der Waals surface area contributed by atoms with Crippen LogP contribution < -0.4 is 5.32 Å². The molecule has 2 N–H and O–H groups in total. The molecule has 2 rings (SSSR count). The highest BCUT2D eigenvalue weighted by atomic mass is 16.4. The smallest absolute Gasteiger partial charge is 0.335 e. The fraction of sp³-hybridized carbons (Fsp3) is 0.667. The molecule has 0 aromatic heterocycles. The highest BCUT2D eigenvalue weighted by Gasteiger charge is 2.22. The lowest BCUT2D eigenvalue weighted by atomic mass is 9.94. The second-order valence-corrected chi connectivity index (χ2v) is 7.16. The molecule has 1 aliphatic rings. The fourth-order valence-corrected chi connectivity index (χ4v) is 3.68. The second-order valence-electron chi connectivity index (χ2n) is 7.16. The molecule has 0 spiro atoms. The molecular weight excluding hydrogens is 298 g/mol. The van der Waals surface area contributed by atoms with Gasteiger partial charge in [-0.3, -0.25) is 0 Å². The van der Waals surface area contributed by atoms with Gasteiger partial charge >= 0.3 is 5.97 Å². The zero-order chi connectivity index (χ0) is 17.2. The molecule has 1 aromatic rings. The molecule has 24 heavy (non-hydrogen) atoms. The first-order valence-electron chi connectivity index (χ1n) is 9.83. The normalized spacial score (nSPS) is 16.0. The molecule has 3 heteroatoms. The van der Waals surface area contributed by atoms with Crippen LogP contribution in [0.2, 0.25) is 0 Å². The van der Waals surface area contributed by atoms with Gasteiger partial charge in [-0.1, -0.05) is 77.2 Å². The Hall–Kier alpha value is -1.51. The zero-order valence-corrected chi connectivity index (χ0v) is 15.2. The van der Waals surface area contributed by atoms with E-state index in [4.69, 9.17) is 5.11 Å². The first kappa shape index (κ1) is 18.8. The summed E-state index contributed by atoms with van der Waals surface area (Å²) in [5.41, 5.74) is 2.70. The Morgan fingerprint density at radius 3 is 2.29 bits per heavy atom. The van der Waals surface area contributed by atoms with Gasteiger partial charge in [0.15, 0.2) is 0 Å². The Bertz CT molecular complexity index is 513. The Kier molecular flexibility index (Phi) is 8.14. The zero-order valence-electron chi connectivity index (χ0n) is 15.2. The maximum absolute atomic E-state index is 11.0. The van der Waals surface area contributed by atoms with Gasteiger partial charge in [0.2, 0.25) is 0 Å². The Balaban J connectivity index is 1.58. The van der Waals surface area contributed by atoms with Crippen molar-refractivity contribution in [3.05, 3.63) is 29.3 Å². The van der Waals surface area contributed by atoms with Crippen molar-refractivity contribution >= 4 is 11.7 Å². The molecule has 1 heterocycles. The van der Waals surface area contributed by atoms with Gasteiger partial charge in [0, 0.05) is 18.2 Å². The van der Waals surface area contributed by atoms with Crippen LogP contribution in [0.15, 0.2) is 18.2 Å². The predicted molar refractivity (Wildman–Crippen MR) is 101 cm³/mol. The third kappa shape index (κ3) is 5.85. The molecule has 1 aliphatic heterocycles. The molecule has 0 saturated carbocycles. The molecular formula is C21H33NO2. The van der Waals surface area contributed by atoms with E-state index in [0.717, 1.165) is 12.2 Å². The van der Waals surface area contributed by atoms with Gasteiger partial charge in [-0.2, -0.15) is 0 Å². The lowest BCUT2D eigenvalue weighted by Crippen LogP contribution is -2.01. The summed E-state index contributed by atoms with van der Waals surface area (Å²) in [6.45, 7) is 3.22. The van der Waals surface area contributed by atoms with Gasteiger partial charge in [-0.05, 0) is 24.1 Å². The van der Waals surface area contributed by atoms with Gasteiger partial charge in [-0.25, -0.2) is 4.79 Å². The van der Waals surface area contributed by atoms with E-state index in [1.807, 2.05) is 6.07 Å². The highest BCUT2D eigenvalue weighted by Crippen LogP contribution is 2.35. The molecule has 1 unspecified atom stereocenters. The standard InChI is InChI=1S/C21H33NO2/c1-2-3-4-5-6-7-8-9-10-11-12-18-16-22-20-15-17(21(23)24)13-14-19(18)20/h13-15,18,22H,2-12,16H2,1H3,(H,23,24). The van der Waals surface area contributed by atoms with Gasteiger partial charge < -0.3 is 10.4 Å². The van der Waals surface area contributed by atoms with Gasteiger partial charge in [0.05, 0.1) is 5.56 Å². The molecule has 1 aromatic carbocycles. The number of benzene rings is 1. The molecule has 3 nitrogen and oxygen atoms in total. The van der Waals surface area contributed by atoms with E-state index in [0.29, 0.717) is 11.5 Å². The van der Waals surface area contributed by atoms with Crippen LogP contribution in [-0.2, 0) is 0 Å². The van der Waals surface area contributed by atoms with Crippen LogP contribution in [0, 0.1) is 0 Å². The van der Waals surface area contributed by atoms with Crippen LogP contribution in [0.3, 0.4) is 0 Å². The summed E-state index contributed by atoms with van der Waals surface area (Å²) in [6, 6.07) is 5.51. The van der Waals surface area contributed by atoms with Crippen molar-refractivity contribution in [1.82, 2.24) is 0 Å². The monoisotopic (exact) mass is 331 g/mol. The van der Waals surface area contributed by atoms with E-state index < -0.39 is 5.97 Å². The average Bonchev–Trinajstić information content (AvgIpc) is 2.99. The Morgan fingerprint density at radius 1 is 1.04 bits per heavy atom. The van der Waals surface area contributed by atoms with Crippen LogP contribution >= 0.6 is 0 Å². The Morgan fingerprint density at radius 2 is 1.67 bits per heavy atom. The summed E-state index contributed by atoms with van der Waals surface area (Å²) in [5.74, 6) is -0.297. The number of rotatable bonds is 12. The van der Waals surface area contributed by atoms with Crippen LogP contribution in [0.4, 0.5) is 5.69 Å². The first-order chi connectivity index (χ1) is 11.7. The number of aromatic carboxylic acids is 1. The van der Waals surface area contributed by atoms with Crippen LogP contribution in [0.5, 0.6) is 0 Å². The number of hydrogen-bond acceptors (Lipinski definition) is 2. The van der Waals surface area contributed by atoms with E-state index in [-0.39, 0.29) is 0 Å². The van der Waals surface area contributed by atoms with E-state index in [9.17, 15) is 4.79 Å². The Labute approximate surface area is 146 Å². The minimum Gasteiger partial charge on any atom is -0.478 e. The third-order valence-corrected chi connectivity index (χ3v) is 5.19. The number of nitrogens with one attached hydrogen (secondary N) is 1. The highest BCUT2D eigenvalue weighted by molar-refractivity contribution is 5.89. The van der Waals surface area contributed by atoms with Crippen molar-refractivity contribution < 1.29 is 9.90 Å². The van der Waals surface area contributed by atoms with Crippen LogP contribution in [0.25, 0.3) is 0 Å². The molecule has 0 amide bonds. The minimum atomic E-state index is -0.849. The molecule has 0 bridgehead atoms. The maximum Gasteiger partial charge on any atom is 0.335 e. The summed E-state index contributed by atoms with van der Waals surface area (Å²) in [5, 5.41) is 12.4. The van der Waals surface area contributed by atoms with Crippen molar-refractivity contribution in [3.63, 3.8) is 0 Å². The molecule has 1 atom stereocenters. The topological polar surface area (TPSA) is 49.3 Å². The summed E-state index contributed by atoms with van der Waals surface area (Å²) in [4.78, 5) is 11.0. The van der Waals surface area contributed by atoms with Crippen molar-refractivity contribution in [2.24, 2.45) is 0 Å². The van der Waals surface area contributed by atoms with Gasteiger partial charge in [-0.15, -0.1) is 0 Å². The number of unbranched alkanes of at least 4 members (excludes halogenated alkanes) is 9. The lowest BCUT2D eigenvalue weighted by Gasteiger charge is -2.10. The van der Waals surface area contributed by atoms with Crippen molar-refractivity contribution in [3.8, 4) is 0 Å². The number of carboxylic acids is 1. The quantitative estimate of drug-likeness (QED) is 0.448. The van der Waals surface area contributed by atoms with E-state index in [1.165, 1.54) is 76.2 Å². The van der Waals surface area contributed by atoms with E-state index in [1.54, 1.807) is 12.1 Å². The summed E-state index contributed by atoms with van der Waals surface area (Å²) in [7, 11) is 0. The van der Waals surface area contributed by atoms with E-state index in [2.05, 4.69) is 12.2 Å². The number of carbonyl (C=O) groups is 1. The molecule has 0 saturated heterocycles. The second kappa shape index (κ2) is 10.4. The van der Waals surface area contributed by atoms with Crippen LogP contribution in [0.1, 0.15) is 99.4 Å². The molecule has 0 fully saturated rings. The lowest BCUT2D eigenvalue weighted by molar-refractivity contribution is 0.0697. The summed E-state index contributed by atoms with van der Waals surface area (Å²) in [6.07, 6.45) is 14.9. The summed E-state index contributed by atoms with van der Waals surface area (Å²) >= 11 is 0. The third-order valence-electron chi connectivity index (χ3n) is 5.19. The van der Waals surface area contributed by atoms with E-state index >= 15 is 0 Å². The van der Waals surface area contributed by atoms with Crippen molar-refractivity contribution in [2.75, 3.05) is 11.9 Å². The number of fused-ring (bicyclic) bond motifs is 1. The maximum atomic E-state index is 11.0. The first-order valence-corrected chi connectivity index (χ1v) is 9.83. The van der Waals surface area contributed by atoms with Crippen molar-refractivity contribution in [2.45, 2.75) is 83.5 Å².